The van der Waals surface area contributed by atoms with Gasteiger partial charge in [0.1, 0.15) is 5.75 Å². The average Bonchev–Trinajstić information content (AvgIpc) is 2.90. The first-order valence-electron chi connectivity index (χ1n) is 6.83. The summed E-state index contributed by atoms with van der Waals surface area (Å²) < 4.78 is 34.0. The Hall–Kier alpha value is -2.43. The van der Waals surface area contributed by atoms with Gasteiger partial charge in [-0.2, -0.15) is 8.78 Å². The summed E-state index contributed by atoms with van der Waals surface area (Å²) in [6.07, 6.45) is 7.75. The molecule has 0 saturated heterocycles. The molecule has 0 bridgehead atoms. The van der Waals surface area contributed by atoms with Crippen molar-refractivity contribution >= 4 is 11.9 Å². The van der Waals surface area contributed by atoms with Crippen LogP contribution in [0.4, 0.5) is 8.78 Å². The maximum Gasteiger partial charge on any atom is 0.387 e. The molecule has 2 aliphatic rings. The second kappa shape index (κ2) is 5.75. The first-order valence-corrected chi connectivity index (χ1v) is 6.83. The van der Waals surface area contributed by atoms with E-state index in [-0.39, 0.29) is 17.5 Å². The van der Waals surface area contributed by atoms with Crippen LogP contribution in [-0.4, -0.2) is 19.5 Å². The summed E-state index contributed by atoms with van der Waals surface area (Å²) in [6, 6.07) is 4.93. The SMILES string of the molecule is COC1=CC(C2=Cc3cc(OC(F)F)ccc3C2)C=CC1=O. The van der Waals surface area contributed by atoms with Crippen molar-refractivity contribution in [1.82, 2.24) is 0 Å². The van der Waals surface area contributed by atoms with Crippen LogP contribution in [0.25, 0.3) is 6.08 Å². The minimum absolute atomic E-state index is 0.0282. The molecule has 114 valence electrons. The zero-order valence-corrected chi connectivity index (χ0v) is 11.9. The van der Waals surface area contributed by atoms with Gasteiger partial charge in [0, 0.05) is 5.92 Å². The van der Waals surface area contributed by atoms with Crippen molar-refractivity contribution in [3.8, 4) is 5.75 Å². The van der Waals surface area contributed by atoms with E-state index in [0.29, 0.717) is 12.2 Å². The number of carbonyl (C=O) groups excluding carboxylic acids is 1. The Morgan fingerprint density at radius 2 is 2.14 bits per heavy atom. The van der Waals surface area contributed by atoms with Gasteiger partial charge in [-0.3, -0.25) is 4.79 Å². The molecule has 1 atom stereocenters. The molecule has 2 aliphatic carbocycles. The number of carbonyl (C=O) groups is 1. The second-order valence-corrected chi connectivity index (χ2v) is 5.12. The number of methoxy groups -OCH3 is 1. The number of rotatable bonds is 4. The van der Waals surface area contributed by atoms with E-state index in [1.165, 1.54) is 13.2 Å². The molecule has 0 amide bonds. The Bertz CT molecular complexity index is 702. The smallest absolute Gasteiger partial charge is 0.387 e. The van der Waals surface area contributed by atoms with Crippen LogP contribution in [0.15, 0.2) is 47.8 Å². The van der Waals surface area contributed by atoms with Gasteiger partial charge in [-0.15, -0.1) is 0 Å². The molecule has 0 radical (unpaired) electrons. The van der Waals surface area contributed by atoms with Crippen molar-refractivity contribution in [2.24, 2.45) is 5.92 Å². The Labute approximate surface area is 126 Å². The molecule has 5 heteroatoms. The van der Waals surface area contributed by atoms with Crippen LogP contribution in [0, 0.1) is 5.92 Å². The predicted octanol–water partition coefficient (Wildman–Crippen LogP) is 3.51. The molecule has 3 nitrogen and oxygen atoms in total. The highest BCUT2D eigenvalue weighted by Crippen LogP contribution is 2.34. The van der Waals surface area contributed by atoms with E-state index >= 15 is 0 Å². The quantitative estimate of drug-likeness (QED) is 0.854. The molecule has 0 spiro atoms. The average molecular weight is 304 g/mol. The minimum atomic E-state index is -2.83. The first kappa shape index (κ1) is 14.5. The number of benzene rings is 1. The Morgan fingerprint density at radius 1 is 1.32 bits per heavy atom. The molecule has 0 heterocycles. The zero-order chi connectivity index (χ0) is 15.7. The van der Waals surface area contributed by atoms with E-state index in [2.05, 4.69) is 4.74 Å². The lowest BCUT2D eigenvalue weighted by molar-refractivity contribution is -0.114. The molecule has 0 N–H and O–H groups in total. The lowest BCUT2D eigenvalue weighted by atomic mass is 9.92. The number of ketones is 1. The lowest BCUT2D eigenvalue weighted by Crippen LogP contribution is -2.11. The van der Waals surface area contributed by atoms with Crippen LogP contribution in [0.1, 0.15) is 11.1 Å². The van der Waals surface area contributed by atoms with Crippen LogP contribution < -0.4 is 4.74 Å². The van der Waals surface area contributed by atoms with Crippen LogP contribution in [0.3, 0.4) is 0 Å². The van der Waals surface area contributed by atoms with Gasteiger partial charge in [-0.05, 0) is 41.8 Å². The van der Waals surface area contributed by atoms with Crippen LogP contribution in [0.2, 0.25) is 0 Å². The van der Waals surface area contributed by atoms with Crippen molar-refractivity contribution in [1.29, 1.82) is 0 Å². The summed E-state index contributed by atoms with van der Waals surface area (Å²) in [5, 5.41) is 0. The van der Waals surface area contributed by atoms with Gasteiger partial charge in [0.05, 0.1) is 7.11 Å². The molecule has 1 unspecified atom stereocenters. The molecular formula is C17H14F2O3. The van der Waals surface area contributed by atoms with E-state index in [0.717, 1.165) is 16.7 Å². The summed E-state index contributed by atoms with van der Waals surface area (Å²) in [4.78, 5) is 11.6. The second-order valence-electron chi connectivity index (χ2n) is 5.12. The molecule has 0 aromatic heterocycles. The molecule has 0 fully saturated rings. The van der Waals surface area contributed by atoms with Gasteiger partial charge in [0.15, 0.2) is 5.76 Å². The number of hydrogen-bond acceptors (Lipinski definition) is 3. The number of fused-ring (bicyclic) bond motifs is 1. The van der Waals surface area contributed by atoms with Crippen molar-refractivity contribution in [3.05, 3.63) is 58.9 Å². The van der Waals surface area contributed by atoms with Crippen LogP contribution in [0.5, 0.6) is 5.75 Å². The van der Waals surface area contributed by atoms with Crippen LogP contribution >= 0.6 is 0 Å². The topological polar surface area (TPSA) is 35.5 Å². The number of halogens is 2. The number of ether oxygens (including phenoxy) is 2. The third-order valence-corrected chi connectivity index (χ3v) is 3.75. The maximum absolute atomic E-state index is 12.3. The van der Waals surface area contributed by atoms with E-state index in [1.54, 1.807) is 24.3 Å². The van der Waals surface area contributed by atoms with Gasteiger partial charge in [-0.25, -0.2) is 0 Å². The highest BCUT2D eigenvalue weighted by molar-refractivity contribution is 6.03. The molecule has 0 aliphatic heterocycles. The van der Waals surface area contributed by atoms with Crippen molar-refractivity contribution < 1.29 is 23.0 Å². The summed E-state index contributed by atoms with van der Waals surface area (Å²) in [7, 11) is 1.46. The Balaban J connectivity index is 1.84. The summed E-state index contributed by atoms with van der Waals surface area (Å²) in [5.41, 5.74) is 3.00. The summed E-state index contributed by atoms with van der Waals surface area (Å²) in [5.74, 6) is 0.293. The number of allylic oxidation sites excluding steroid dienone is 4. The molecule has 22 heavy (non-hydrogen) atoms. The van der Waals surface area contributed by atoms with E-state index in [4.69, 9.17) is 4.74 Å². The van der Waals surface area contributed by atoms with Gasteiger partial charge in [-0.1, -0.05) is 23.8 Å². The standard InChI is InChI=1S/C17H14F2O3/c1-21-16-9-11(3-5-15(16)20)12-6-10-2-4-14(22-17(18)19)8-13(10)7-12/h2-5,7-9,11,17H,6H2,1H3. The fraction of sp³-hybridized carbons (Fsp3) is 0.235. The van der Waals surface area contributed by atoms with E-state index in [9.17, 15) is 13.6 Å². The summed E-state index contributed by atoms with van der Waals surface area (Å²) >= 11 is 0. The normalized spacial score (nSPS) is 19.8. The van der Waals surface area contributed by atoms with Crippen molar-refractivity contribution in [2.75, 3.05) is 7.11 Å². The predicted molar refractivity (Wildman–Crippen MR) is 77.5 cm³/mol. The largest absolute Gasteiger partial charge is 0.493 e. The third-order valence-electron chi connectivity index (χ3n) is 3.75. The van der Waals surface area contributed by atoms with Crippen molar-refractivity contribution in [2.45, 2.75) is 13.0 Å². The summed E-state index contributed by atoms with van der Waals surface area (Å²) in [6.45, 7) is -2.83. The van der Waals surface area contributed by atoms with Crippen LogP contribution in [-0.2, 0) is 16.0 Å². The molecule has 1 aromatic rings. The maximum atomic E-state index is 12.3. The highest BCUT2D eigenvalue weighted by Gasteiger charge is 2.23. The molecular weight excluding hydrogens is 290 g/mol. The third kappa shape index (κ3) is 2.79. The van der Waals surface area contributed by atoms with Gasteiger partial charge >= 0.3 is 6.61 Å². The Morgan fingerprint density at radius 3 is 2.86 bits per heavy atom. The zero-order valence-electron chi connectivity index (χ0n) is 11.9. The van der Waals surface area contributed by atoms with Crippen molar-refractivity contribution in [3.63, 3.8) is 0 Å². The van der Waals surface area contributed by atoms with E-state index < -0.39 is 6.61 Å². The Kier molecular flexibility index (Phi) is 3.79. The molecule has 0 saturated carbocycles. The fourth-order valence-corrected chi connectivity index (χ4v) is 2.70. The molecule has 3 rings (SSSR count). The van der Waals surface area contributed by atoms with Gasteiger partial charge in [0.2, 0.25) is 5.78 Å². The first-order chi connectivity index (χ1) is 10.6. The van der Waals surface area contributed by atoms with Gasteiger partial charge < -0.3 is 9.47 Å². The monoisotopic (exact) mass is 304 g/mol. The van der Waals surface area contributed by atoms with E-state index in [1.807, 2.05) is 12.2 Å². The fourth-order valence-electron chi connectivity index (χ4n) is 2.70. The lowest BCUT2D eigenvalue weighted by Gasteiger charge is -2.15. The minimum Gasteiger partial charge on any atom is -0.493 e. The molecule has 1 aromatic carbocycles. The number of hydrogen-bond donors (Lipinski definition) is 0. The number of alkyl halides is 2. The highest BCUT2D eigenvalue weighted by atomic mass is 19.3. The van der Waals surface area contributed by atoms with Gasteiger partial charge in [0.25, 0.3) is 0 Å².